The number of hydrogen-bond donors (Lipinski definition) is 1. The van der Waals surface area contributed by atoms with Crippen LogP contribution in [0.4, 0.5) is 0 Å². The van der Waals surface area contributed by atoms with Crippen molar-refractivity contribution in [3.05, 3.63) is 77.3 Å². The maximum Gasteiger partial charge on any atom is 0.202 e. The molecule has 0 radical (unpaired) electrons. The summed E-state index contributed by atoms with van der Waals surface area (Å²) in [7, 11) is 0. The lowest BCUT2D eigenvalue weighted by Gasteiger charge is -2.25. The number of aliphatic hydroxyl groups excluding tert-OH is 1. The molecule has 25 heavy (non-hydrogen) atoms. The van der Waals surface area contributed by atoms with Gasteiger partial charge in [0.25, 0.3) is 0 Å². The Bertz CT molecular complexity index is 1020. The third-order valence-electron chi connectivity index (χ3n) is 4.34. The number of para-hydroxylation sites is 2. The Labute approximate surface area is 154 Å². The Balaban J connectivity index is 1.95. The molecule has 3 aromatic carbocycles. The average Bonchev–Trinajstić information content (AvgIpc) is 2.94. The van der Waals surface area contributed by atoms with E-state index in [1.165, 1.54) is 0 Å². The van der Waals surface area contributed by atoms with Crippen molar-refractivity contribution in [2.24, 2.45) is 0 Å². The average molecular weight is 396 g/mol. The predicted octanol–water partition coefficient (Wildman–Crippen LogP) is 5.52. The number of fused-ring (bicyclic) bond motifs is 3. The minimum Gasteiger partial charge on any atom is -0.467 e. The second-order valence-electron chi connectivity index (χ2n) is 6.11. The summed E-state index contributed by atoms with van der Waals surface area (Å²) in [5, 5.41) is 12.7. The first-order valence-corrected chi connectivity index (χ1v) is 9.02. The molecule has 0 amide bonds. The van der Waals surface area contributed by atoms with Crippen molar-refractivity contribution in [1.29, 1.82) is 0 Å². The van der Waals surface area contributed by atoms with Gasteiger partial charge in [-0.15, -0.1) is 0 Å². The zero-order valence-electron chi connectivity index (χ0n) is 13.8. The lowest BCUT2D eigenvalue weighted by molar-refractivity contribution is 0.00672. The maximum atomic E-state index is 10.5. The lowest BCUT2D eigenvalue weighted by Crippen LogP contribution is -2.26. The van der Waals surface area contributed by atoms with E-state index in [0.29, 0.717) is 0 Å². The predicted molar refractivity (Wildman–Crippen MR) is 105 cm³/mol. The number of rotatable bonds is 4. The highest BCUT2D eigenvalue weighted by molar-refractivity contribution is 9.10. The second-order valence-corrected chi connectivity index (χ2v) is 7.03. The van der Waals surface area contributed by atoms with Crippen molar-refractivity contribution in [2.75, 3.05) is 0 Å². The molecule has 4 rings (SSSR count). The number of ether oxygens (including phenoxy) is 1. The number of aliphatic hydroxyl groups is 1. The van der Waals surface area contributed by atoms with Crippen molar-refractivity contribution in [3.8, 4) is 5.75 Å². The van der Waals surface area contributed by atoms with Crippen LogP contribution in [0.5, 0.6) is 5.75 Å². The van der Waals surface area contributed by atoms with E-state index in [-0.39, 0.29) is 0 Å². The van der Waals surface area contributed by atoms with Crippen LogP contribution in [0.3, 0.4) is 0 Å². The summed E-state index contributed by atoms with van der Waals surface area (Å²) in [5.74, 6) is 0.733. The van der Waals surface area contributed by atoms with Gasteiger partial charge in [-0.05, 0) is 43.3 Å². The van der Waals surface area contributed by atoms with Crippen LogP contribution in [0.2, 0.25) is 0 Å². The van der Waals surface area contributed by atoms with Gasteiger partial charge in [0, 0.05) is 15.2 Å². The van der Waals surface area contributed by atoms with Crippen LogP contribution in [0.25, 0.3) is 21.8 Å². The molecule has 2 atom stereocenters. The van der Waals surface area contributed by atoms with Crippen LogP contribution >= 0.6 is 15.9 Å². The molecule has 1 aromatic heterocycles. The molecule has 1 N–H and O–H groups in total. The molecule has 4 heteroatoms. The van der Waals surface area contributed by atoms with E-state index in [4.69, 9.17) is 4.74 Å². The van der Waals surface area contributed by atoms with Crippen molar-refractivity contribution >= 4 is 37.7 Å². The number of benzene rings is 3. The normalized spacial score (nSPS) is 13.9. The molecule has 0 aliphatic rings. The van der Waals surface area contributed by atoms with Gasteiger partial charge >= 0.3 is 0 Å². The molecule has 0 fully saturated rings. The van der Waals surface area contributed by atoms with E-state index >= 15 is 0 Å². The summed E-state index contributed by atoms with van der Waals surface area (Å²) in [6.45, 7) is 1.76. The molecule has 4 aromatic rings. The molecule has 1 heterocycles. The smallest absolute Gasteiger partial charge is 0.202 e. The summed E-state index contributed by atoms with van der Waals surface area (Å²) < 4.78 is 9.27. The second kappa shape index (κ2) is 6.54. The zero-order valence-corrected chi connectivity index (χ0v) is 15.3. The van der Waals surface area contributed by atoms with E-state index in [0.717, 1.165) is 32.0 Å². The lowest BCUT2D eigenvalue weighted by atomic mass is 10.2. The zero-order chi connectivity index (χ0) is 17.4. The van der Waals surface area contributed by atoms with Crippen molar-refractivity contribution < 1.29 is 9.84 Å². The first-order valence-electron chi connectivity index (χ1n) is 8.23. The molecule has 0 spiro atoms. The highest BCUT2D eigenvalue weighted by atomic mass is 79.9. The van der Waals surface area contributed by atoms with Crippen LogP contribution in [0, 0.1) is 0 Å². The summed E-state index contributed by atoms with van der Waals surface area (Å²) in [5.41, 5.74) is 2.07. The minimum atomic E-state index is -0.678. The molecule has 0 aliphatic carbocycles. The van der Waals surface area contributed by atoms with Crippen LogP contribution in [0.1, 0.15) is 13.2 Å². The Kier molecular flexibility index (Phi) is 4.24. The van der Waals surface area contributed by atoms with Gasteiger partial charge in [-0.25, -0.2) is 0 Å². The molecule has 0 saturated heterocycles. The van der Waals surface area contributed by atoms with Crippen molar-refractivity contribution in [3.63, 3.8) is 0 Å². The molecule has 0 bridgehead atoms. The van der Waals surface area contributed by atoms with Gasteiger partial charge in [-0.1, -0.05) is 52.3 Å². The first kappa shape index (κ1) is 16.2. The van der Waals surface area contributed by atoms with Crippen LogP contribution in [-0.4, -0.2) is 15.8 Å². The van der Waals surface area contributed by atoms with Crippen LogP contribution in [-0.2, 0) is 0 Å². The van der Waals surface area contributed by atoms with Gasteiger partial charge in [0.15, 0.2) is 0 Å². The largest absolute Gasteiger partial charge is 0.467 e. The fourth-order valence-electron chi connectivity index (χ4n) is 3.25. The molecular formula is C21H18BrNO2. The number of halogens is 1. The molecule has 3 nitrogen and oxygen atoms in total. The van der Waals surface area contributed by atoms with E-state index in [9.17, 15) is 5.11 Å². The Morgan fingerprint density at radius 1 is 0.880 bits per heavy atom. The topological polar surface area (TPSA) is 34.4 Å². The van der Waals surface area contributed by atoms with Crippen LogP contribution < -0.4 is 4.74 Å². The molecular weight excluding hydrogens is 378 g/mol. The van der Waals surface area contributed by atoms with E-state index in [2.05, 4.69) is 44.8 Å². The summed E-state index contributed by atoms with van der Waals surface area (Å²) in [6.07, 6.45) is -1.20. The highest BCUT2D eigenvalue weighted by Crippen LogP contribution is 2.35. The Hall–Kier alpha value is -2.30. The van der Waals surface area contributed by atoms with Gasteiger partial charge in [-0.2, -0.15) is 0 Å². The highest BCUT2D eigenvalue weighted by Gasteiger charge is 2.24. The quantitative estimate of drug-likeness (QED) is 0.493. The molecule has 2 unspecified atom stereocenters. The molecule has 0 aliphatic heterocycles. The summed E-state index contributed by atoms with van der Waals surface area (Å²) in [6, 6.07) is 24.0. The van der Waals surface area contributed by atoms with Gasteiger partial charge in [0.2, 0.25) is 6.23 Å². The number of aromatic nitrogens is 1. The summed E-state index contributed by atoms with van der Waals surface area (Å²) >= 11 is 3.56. The van der Waals surface area contributed by atoms with Crippen molar-refractivity contribution in [1.82, 2.24) is 4.57 Å². The fraction of sp³-hybridized carbons (Fsp3) is 0.143. The van der Waals surface area contributed by atoms with Crippen LogP contribution in [0.15, 0.2) is 77.3 Å². The Morgan fingerprint density at radius 2 is 1.56 bits per heavy atom. The standard InChI is InChI=1S/C21H18BrNO2/c1-14(24)21(25-16-7-3-2-4-8-16)23-19-10-6-5-9-17(19)18-13-15(22)11-12-20(18)23/h2-14,21,24H,1H3. The number of hydrogen-bond acceptors (Lipinski definition) is 2. The third-order valence-corrected chi connectivity index (χ3v) is 4.83. The van der Waals surface area contributed by atoms with Gasteiger partial charge in [-0.3, -0.25) is 0 Å². The summed E-state index contributed by atoms with van der Waals surface area (Å²) in [4.78, 5) is 0. The van der Waals surface area contributed by atoms with E-state index < -0.39 is 12.3 Å². The van der Waals surface area contributed by atoms with Crippen molar-refractivity contribution in [2.45, 2.75) is 19.3 Å². The number of nitrogens with zero attached hydrogens (tertiary/aromatic N) is 1. The third kappa shape index (κ3) is 2.92. The first-order chi connectivity index (χ1) is 12.1. The Morgan fingerprint density at radius 3 is 2.32 bits per heavy atom. The minimum absolute atomic E-state index is 0.522. The fourth-order valence-corrected chi connectivity index (χ4v) is 3.62. The molecule has 126 valence electrons. The van der Waals surface area contributed by atoms with Gasteiger partial charge in [0.1, 0.15) is 11.9 Å². The monoisotopic (exact) mass is 395 g/mol. The maximum absolute atomic E-state index is 10.5. The van der Waals surface area contributed by atoms with Gasteiger partial charge in [0.05, 0.1) is 11.0 Å². The van der Waals surface area contributed by atoms with E-state index in [1.807, 2.05) is 48.5 Å². The SMILES string of the molecule is CC(O)C(Oc1ccccc1)n1c2ccccc2c2cc(Br)ccc21. The van der Waals surface area contributed by atoms with Gasteiger partial charge < -0.3 is 14.4 Å². The molecule has 0 saturated carbocycles. The van der Waals surface area contributed by atoms with E-state index in [1.54, 1.807) is 6.92 Å².